The van der Waals surface area contributed by atoms with Gasteiger partial charge in [-0.1, -0.05) is 23.9 Å². The minimum absolute atomic E-state index is 0.117. The van der Waals surface area contributed by atoms with Crippen molar-refractivity contribution in [3.05, 3.63) is 108 Å². The van der Waals surface area contributed by atoms with E-state index in [0.29, 0.717) is 29.4 Å². The summed E-state index contributed by atoms with van der Waals surface area (Å²) in [6.07, 6.45) is 5.03. The van der Waals surface area contributed by atoms with E-state index in [1.54, 1.807) is 37.5 Å². The molecule has 5 aromatic rings. The van der Waals surface area contributed by atoms with Gasteiger partial charge in [0.15, 0.2) is 10.9 Å². The number of amides is 1. The number of thioether (sulfide) groups is 1. The Hall–Kier alpha value is -4.37. The van der Waals surface area contributed by atoms with Gasteiger partial charge < -0.3 is 14.5 Å². The maximum atomic E-state index is 12.5. The average molecular weight is 498 g/mol. The highest BCUT2D eigenvalue weighted by atomic mass is 32.2. The topological polar surface area (TPSA) is 95.1 Å². The van der Waals surface area contributed by atoms with Crippen molar-refractivity contribution < 1.29 is 13.9 Å². The second kappa shape index (κ2) is 10.9. The molecule has 1 N–H and O–H groups in total. The summed E-state index contributed by atoms with van der Waals surface area (Å²) < 4.78 is 12.8. The van der Waals surface area contributed by atoms with E-state index in [4.69, 9.17) is 9.15 Å². The number of nitrogens with zero attached hydrogens (tertiary/aromatic N) is 4. The minimum Gasteiger partial charge on any atom is -0.497 e. The third kappa shape index (κ3) is 5.31. The van der Waals surface area contributed by atoms with Gasteiger partial charge in [-0.15, -0.1) is 10.2 Å². The summed E-state index contributed by atoms with van der Waals surface area (Å²) in [6, 6.07) is 22.7. The lowest BCUT2D eigenvalue weighted by Crippen LogP contribution is -2.22. The van der Waals surface area contributed by atoms with E-state index in [1.165, 1.54) is 0 Å². The number of carbonyl (C=O) groups is 1. The minimum atomic E-state index is -0.117. The van der Waals surface area contributed by atoms with Crippen LogP contribution < -0.4 is 10.1 Å². The Morgan fingerprint density at radius 3 is 2.44 bits per heavy atom. The van der Waals surface area contributed by atoms with Gasteiger partial charge >= 0.3 is 0 Å². The molecule has 2 aromatic carbocycles. The van der Waals surface area contributed by atoms with E-state index in [2.05, 4.69) is 20.5 Å². The lowest BCUT2D eigenvalue weighted by atomic mass is 10.1. The monoisotopic (exact) mass is 497 g/mol. The van der Waals surface area contributed by atoms with Gasteiger partial charge in [-0.3, -0.25) is 14.3 Å². The largest absolute Gasteiger partial charge is 0.497 e. The SMILES string of the molecule is COc1ccc(-n2c(SCc3ccc(C(=O)NCc4ccncc4)cc3)nnc2-c2ccco2)cc1. The van der Waals surface area contributed by atoms with E-state index in [9.17, 15) is 4.79 Å². The molecule has 0 aliphatic rings. The average Bonchev–Trinajstić information content (AvgIpc) is 3.62. The van der Waals surface area contributed by atoms with Crippen LogP contribution in [-0.2, 0) is 12.3 Å². The Balaban J connectivity index is 1.29. The molecule has 0 unspecified atom stereocenters. The van der Waals surface area contributed by atoms with Gasteiger partial charge in [0, 0.05) is 30.3 Å². The van der Waals surface area contributed by atoms with E-state index in [0.717, 1.165) is 27.7 Å². The van der Waals surface area contributed by atoms with Crippen LogP contribution in [0.1, 0.15) is 21.5 Å². The molecule has 3 aromatic heterocycles. The number of pyridine rings is 1. The molecule has 8 nitrogen and oxygen atoms in total. The first-order chi connectivity index (χ1) is 17.7. The molecule has 180 valence electrons. The van der Waals surface area contributed by atoms with Crippen LogP contribution in [-0.4, -0.2) is 32.8 Å². The smallest absolute Gasteiger partial charge is 0.251 e. The number of ether oxygens (including phenoxy) is 1. The van der Waals surface area contributed by atoms with E-state index in [1.807, 2.05) is 77.4 Å². The van der Waals surface area contributed by atoms with Gasteiger partial charge in [0.05, 0.1) is 19.1 Å². The molecule has 0 atom stereocenters. The normalized spacial score (nSPS) is 10.8. The number of furan rings is 1. The maximum Gasteiger partial charge on any atom is 0.251 e. The highest BCUT2D eigenvalue weighted by Gasteiger charge is 2.18. The van der Waals surface area contributed by atoms with Crippen LogP contribution in [0.4, 0.5) is 0 Å². The van der Waals surface area contributed by atoms with E-state index < -0.39 is 0 Å². The summed E-state index contributed by atoms with van der Waals surface area (Å²) in [7, 11) is 1.64. The standard InChI is InChI=1S/C27H23N5O3S/c1-34-23-10-8-22(9-11-23)32-25(24-3-2-16-35-24)30-31-27(32)36-18-20-4-6-21(7-5-20)26(33)29-17-19-12-14-28-15-13-19/h2-16H,17-18H2,1H3,(H,29,33). The predicted molar refractivity (Wildman–Crippen MR) is 137 cm³/mol. The number of nitrogens with one attached hydrogen (secondary N) is 1. The molecule has 36 heavy (non-hydrogen) atoms. The summed E-state index contributed by atoms with van der Waals surface area (Å²) in [5.41, 5.74) is 3.58. The van der Waals surface area contributed by atoms with Gasteiger partial charge in [0.25, 0.3) is 5.91 Å². The summed E-state index contributed by atoms with van der Waals surface area (Å²) in [6.45, 7) is 0.456. The first-order valence-corrected chi connectivity index (χ1v) is 12.2. The van der Waals surface area contributed by atoms with Crippen LogP contribution in [0.2, 0.25) is 0 Å². The molecule has 0 fully saturated rings. The predicted octanol–water partition coefficient (Wildman–Crippen LogP) is 5.15. The lowest BCUT2D eigenvalue weighted by Gasteiger charge is -2.10. The van der Waals surface area contributed by atoms with Crippen molar-refractivity contribution >= 4 is 17.7 Å². The van der Waals surface area contributed by atoms with Crippen LogP contribution in [0, 0.1) is 0 Å². The molecular weight excluding hydrogens is 474 g/mol. The number of hydrogen-bond donors (Lipinski definition) is 1. The quantitative estimate of drug-likeness (QED) is 0.281. The zero-order valence-electron chi connectivity index (χ0n) is 19.5. The van der Waals surface area contributed by atoms with E-state index >= 15 is 0 Å². The number of benzene rings is 2. The Labute approximate surface area is 212 Å². The molecule has 0 aliphatic heterocycles. The number of carbonyl (C=O) groups excluding carboxylic acids is 1. The highest BCUT2D eigenvalue weighted by molar-refractivity contribution is 7.98. The Morgan fingerprint density at radius 2 is 1.75 bits per heavy atom. The van der Waals surface area contributed by atoms with Crippen LogP contribution >= 0.6 is 11.8 Å². The van der Waals surface area contributed by atoms with Crippen molar-refractivity contribution in [2.24, 2.45) is 0 Å². The first kappa shape index (κ1) is 23.4. The Morgan fingerprint density at radius 1 is 0.972 bits per heavy atom. The molecule has 3 heterocycles. The van der Waals surface area contributed by atoms with Crippen LogP contribution in [0.3, 0.4) is 0 Å². The van der Waals surface area contributed by atoms with Crippen molar-refractivity contribution in [2.45, 2.75) is 17.5 Å². The molecule has 0 aliphatic carbocycles. The van der Waals surface area contributed by atoms with Crippen molar-refractivity contribution in [1.29, 1.82) is 0 Å². The third-order valence-electron chi connectivity index (χ3n) is 5.49. The summed E-state index contributed by atoms with van der Waals surface area (Å²) >= 11 is 1.55. The molecule has 1 amide bonds. The second-order valence-electron chi connectivity index (χ2n) is 7.84. The number of methoxy groups -OCH3 is 1. The van der Waals surface area contributed by atoms with Crippen molar-refractivity contribution in [3.8, 4) is 23.0 Å². The second-order valence-corrected chi connectivity index (χ2v) is 8.78. The van der Waals surface area contributed by atoms with Crippen LogP contribution in [0.15, 0.2) is 101 Å². The van der Waals surface area contributed by atoms with Gasteiger partial charge in [-0.2, -0.15) is 0 Å². The molecule has 0 bridgehead atoms. The van der Waals surface area contributed by atoms with Gasteiger partial charge in [-0.05, 0) is 71.8 Å². The van der Waals surface area contributed by atoms with Gasteiger partial charge in [0.1, 0.15) is 5.75 Å². The summed E-state index contributed by atoms with van der Waals surface area (Å²) in [5.74, 6) is 2.56. The number of hydrogen-bond acceptors (Lipinski definition) is 7. The fourth-order valence-corrected chi connectivity index (χ4v) is 4.49. The third-order valence-corrected chi connectivity index (χ3v) is 6.49. The van der Waals surface area contributed by atoms with E-state index in [-0.39, 0.29) is 5.91 Å². The summed E-state index contributed by atoms with van der Waals surface area (Å²) in [4.78, 5) is 16.5. The molecule has 5 rings (SSSR count). The van der Waals surface area contributed by atoms with Crippen molar-refractivity contribution in [3.63, 3.8) is 0 Å². The zero-order chi connectivity index (χ0) is 24.7. The molecule has 0 radical (unpaired) electrons. The van der Waals surface area contributed by atoms with Crippen LogP contribution in [0.25, 0.3) is 17.3 Å². The zero-order valence-corrected chi connectivity index (χ0v) is 20.3. The molecule has 0 saturated carbocycles. The molecule has 0 saturated heterocycles. The molecular formula is C27H23N5O3S. The molecule has 9 heteroatoms. The van der Waals surface area contributed by atoms with Crippen LogP contribution in [0.5, 0.6) is 5.75 Å². The maximum absolute atomic E-state index is 12.5. The van der Waals surface area contributed by atoms with Gasteiger partial charge in [0.2, 0.25) is 5.82 Å². The summed E-state index contributed by atoms with van der Waals surface area (Å²) in [5, 5.41) is 12.5. The van der Waals surface area contributed by atoms with Crippen molar-refractivity contribution in [2.75, 3.05) is 7.11 Å². The van der Waals surface area contributed by atoms with Gasteiger partial charge in [-0.25, -0.2) is 0 Å². The highest BCUT2D eigenvalue weighted by Crippen LogP contribution is 2.30. The molecule has 0 spiro atoms. The van der Waals surface area contributed by atoms with Crippen molar-refractivity contribution in [1.82, 2.24) is 25.1 Å². The fourth-order valence-electron chi connectivity index (χ4n) is 3.58. The Bertz CT molecular complexity index is 1420. The lowest BCUT2D eigenvalue weighted by molar-refractivity contribution is 0.0951. The number of rotatable bonds is 9. The fraction of sp³-hybridized carbons (Fsp3) is 0.111. The first-order valence-electron chi connectivity index (χ1n) is 11.2. The Kier molecular flexibility index (Phi) is 7.09. The number of aromatic nitrogens is 4.